The van der Waals surface area contributed by atoms with Gasteiger partial charge >= 0.3 is 0 Å². The van der Waals surface area contributed by atoms with Crippen molar-refractivity contribution in [3.05, 3.63) is 0 Å². The van der Waals surface area contributed by atoms with Crippen LogP contribution < -0.4 is 11.1 Å². The van der Waals surface area contributed by atoms with E-state index in [1.807, 2.05) is 6.92 Å². The summed E-state index contributed by atoms with van der Waals surface area (Å²) in [6.07, 6.45) is 4.91. The number of carbonyl (C=O) groups excluding carboxylic acids is 1. The minimum atomic E-state index is -0.809. The van der Waals surface area contributed by atoms with Crippen LogP contribution in [0.1, 0.15) is 52.9 Å². The average Bonchev–Trinajstić information content (AvgIpc) is 2.77. The van der Waals surface area contributed by atoms with Gasteiger partial charge in [-0.2, -0.15) is 0 Å². The van der Waals surface area contributed by atoms with E-state index in [4.69, 9.17) is 10.9 Å². The molecule has 0 unspecified atom stereocenters. The second-order valence-electron chi connectivity index (χ2n) is 5.41. The molecule has 0 radical (unpaired) electrons. The van der Waals surface area contributed by atoms with Crippen LogP contribution in [0.5, 0.6) is 0 Å². The molecule has 1 rings (SSSR count). The van der Waals surface area contributed by atoms with Crippen molar-refractivity contribution in [2.75, 3.05) is 0 Å². The lowest BCUT2D eigenvalue weighted by molar-refractivity contribution is -0.132. The zero-order valence-corrected chi connectivity index (χ0v) is 10.9. The van der Waals surface area contributed by atoms with Crippen molar-refractivity contribution in [2.24, 2.45) is 16.3 Å². The highest BCUT2D eigenvalue weighted by Crippen LogP contribution is 2.41. The number of rotatable bonds is 4. The molecule has 17 heavy (non-hydrogen) atoms. The van der Waals surface area contributed by atoms with Gasteiger partial charge in [-0.05, 0) is 33.1 Å². The molecule has 5 nitrogen and oxygen atoms in total. The molecule has 1 aliphatic carbocycles. The molecule has 1 saturated carbocycles. The van der Waals surface area contributed by atoms with Crippen LogP contribution in [-0.4, -0.2) is 22.5 Å². The molecule has 0 atom stereocenters. The Balaban J connectivity index is 2.78. The summed E-state index contributed by atoms with van der Waals surface area (Å²) in [5.41, 5.74) is 4.50. The Hall–Kier alpha value is -1.26. The fourth-order valence-corrected chi connectivity index (χ4v) is 2.40. The normalized spacial score (nSPS) is 20.3. The predicted molar refractivity (Wildman–Crippen MR) is 66.8 cm³/mol. The largest absolute Gasteiger partial charge is 0.409 e. The maximum absolute atomic E-state index is 12.3. The van der Waals surface area contributed by atoms with Crippen molar-refractivity contribution < 1.29 is 10.0 Å². The van der Waals surface area contributed by atoms with E-state index in [9.17, 15) is 4.79 Å². The van der Waals surface area contributed by atoms with Gasteiger partial charge in [0.1, 0.15) is 0 Å². The lowest BCUT2D eigenvalue weighted by Crippen LogP contribution is -2.56. The molecule has 0 aliphatic heterocycles. The molecule has 1 aliphatic rings. The molecular formula is C12H23N3O2. The van der Waals surface area contributed by atoms with Crippen molar-refractivity contribution in [1.82, 2.24) is 5.32 Å². The van der Waals surface area contributed by atoms with Gasteiger partial charge in [-0.15, -0.1) is 0 Å². The van der Waals surface area contributed by atoms with Crippen LogP contribution in [0.3, 0.4) is 0 Å². The predicted octanol–water partition coefficient (Wildman–Crippen LogP) is 1.60. The van der Waals surface area contributed by atoms with Gasteiger partial charge in [0, 0.05) is 5.41 Å². The monoisotopic (exact) mass is 241 g/mol. The molecule has 5 heteroatoms. The van der Waals surface area contributed by atoms with Crippen molar-refractivity contribution in [3.8, 4) is 0 Å². The van der Waals surface area contributed by atoms with Crippen LogP contribution in [0.25, 0.3) is 0 Å². The lowest BCUT2D eigenvalue weighted by atomic mass is 9.81. The van der Waals surface area contributed by atoms with Gasteiger partial charge in [0.2, 0.25) is 5.91 Å². The van der Waals surface area contributed by atoms with E-state index in [0.29, 0.717) is 0 Å². The molecule has 0 bridgehead atoms. The highest BCUT2D eigenvalue weighted by molar-refractivity contribution is 5.94. The maximum Gasteiger partial charge on any atom is 0.226 e. The van der Waals surface area contributed by atoms with Gasteiger partial charge in [0.25, 0.3) is 0 Å². The molecule has 0 aromatic heterocycles. The summed E-state index contributed by atoms with van der Waals surface area (Å²) in [4.78, 5) is 12.3. The third-order valence-corrected chi connectivity index (χ3v) is 3.89. The van der Waals surface area contributed by atoms with E-state index in [2.05, 4.69) is 10.5 Å². The average molecular weight is 241 g/mol. The fourth-order valence-electron chi connectivity index (χ4n) is 2.40. The number of nitrogens with one attached hydrogen (secondary N) is 1. The first-order valence-electron chi connectivity index (χ1n) is 6.18. The number of amides is 1. The van der Waals surface area contributed by atoms with Gasteiger partial charge in [0.15, 0.2) is 5.84 Å². The quantitative estimate of drug-likeness (QED) is 0.302. The van der Waals surface area contributed by atoms with E-state index < -0.39 is 5.54 Å². The van der Waals surface area contributed by atoms with Gasteiger partial charge in [-0.25, -0.2) is 0 Å². The Kier molecular flexibility index (Phi) is 4.01. The van der Waals surface area contributed by atoms with E-state index in [-0.39, 0.29) is 17.2 Å². The number of hydrogen-bond acceptors (Lipinski definition) is 3. The summed E-state index contributed by atoms with van der Waals surface area (Å²) in [5.74, 6) is 0.0456. The van der Waals surface area contributed by atoms with Crippen molar-refractivity contribution in [2.45, 2.75) is 58.4 Å². The van der Waals surface area contributed by atoms with E-state index in [1.54, 1.807) is 13.8 Å². The number of carbonyl (C=O) groups is 1. The number of nitrogens with zero attached hydrogens (tertiary/aromatic N) is 1. The van der Waals surface area contributed by atoms with E-state index in [0.717, 1.165) is 32.1 Å². The smallest absolute Gasteiger partial charge is 0.226 e. The summed E-state index contributed by atoms with van der Waals surface area (Å²) in [6.45, 7) is 5.51. The zero-order valence-electron chi connectivity index (χ0n) is 10.9. The topological polar surface area (TPSA) is 87.7 Å². The Morgan fingerprint density at radius 2 is 2.00 bits per heavy atom. The number of amidine groups is 1. The minimum absolute atomic E-state index is 0.0223. The second kappa shape index (κ2) is 4.94. The number of nitrogens with two attached hydrogens (primary N) is 1. The Labute approximate surface area is 102 Å². The third kappa shape index (κ3) is 2.70. The molecule has 98 valence electrons. The minimum Gasteiger partial charge on any atom is -0.409 e. The first kappa shape index (κ1) is 13.8. The van der Waals surface area contributed by atoms with Gasteiger partial charge in [0.05, 0.1) is 5.54 Å². The molecule has 4 N–H and O–H groups in total. The van der Waals surface area contributed by atoms with Crippen LogP contribution in [0.2, 0.25) is 0 Å². The molecule has 1 fully saturated rings. The van der Waals surface area contributed by atoms with Crippen LogP contribution >= 0.6 is 0 Å². The Morgan fingerprint density at radius 1 is 1.47 bits per heavy atom. The third-order valence-electron chi connectivity index (χ3n) is 3.89. The Bertz CT molecular complexity index is 318. The molecule has 1 amide bonds. The molecule has 0 heterocycles. The van der Waals surface area contributed by atoms with Gasteiger partial charge in [-0.3, -0.25) is 4.79 Å². The lowest BCUT2D eigenvalue weighted by Gasteiger charge is -2.32. The molecule has 0 aromatic rings. The molecule has 0 spiro atoms. The second-order valence-corrected chi connectivity index (χ2v) is 5.41. The fraction of sp³-hybridized carbons (Fsp3) is 0.833. The molecule has 0 aromatic carbocycles. The molecule has 0 saturated heterocycles. The van der Waals surface area contributed by atoms with E-state index in [1.165, 1.54) is 0 Å². The first-order chi connectivity index (χ1) is 7.88. The summed E-state index contributed by atoms with van der Waals surface area (Å²) in [6, 6.07) is 0. The summed E-state index contributed by atoms with van der Waals surface area (Å²) in [5, 5.41) is 14.5. The van der Waals surface area contributed by atoms with Crippen molar-refractivity contribution in [3.63, 3.8) is 0 Å². The standard InChI is InChI=1S/C12H23N3O2/c1-4-12(7-5-6-8-12)10(16)14-11(2,3)9(13)15-17/h17H,4-8H2,1-3H3,(H2,13,15)(H,14,16). The molecular weight excluding hydrogens is 218 g/mol. The van der Waals surface area contributed by atoms with Crippen molar-refractivity contribution in [1.29, 1.82) is 0 Å². The highest BCUT2D eigenvalue weighted by atomic mass is 16.4. The zero-order chi connectivity index (χ0) is 13.1. The van der Waals surface area contributed by atoms with Crippen LogP contribution in [0, 0.1) is 5.41 Å². The summed E-state index contributed by atoms with van der Waals surface area (Å²) in [7, 11) is 0. The van der Waals surface area contributed by atoms with Crippen molar-refractivity contribution >= 4 is 11.7 Å². The maximum atomic E-state index is 12.3. The van der Waals surface area contributed by atoms with Crippen LogP contribution in [-0.2, 0) is 4.79 Å². The SMILES string of the molecule is CCC1(C(=O)NC(C)(C)C(N)=NO)CCCC1. The number of hydrogen-bond donors (Lipinski definition) is 3. The summed E-state index contributed by atoms with van der Waals surface area (Å²) < 4.78 is 0. The van der Waals surface area contributed by atoms with Gasteiger partial charge in [-0.1, -0.05) is 24.9 Å². The van der Waals surface area contributed by atoms with Crippen LogP contribution in [0.4, 0.5) is 0 Å². The Morgan fingerprint density at radius 3 is 2.41 bits per heavy atom. The highest BCUT2D eigenvalue weighted by Gasteiger charge is 2.41. The first-order valence-corrected chi connectivity index (χ1v) is 6.18. The van der Waals surface area contributed by atoms with E-state index >= 15 is 0 Å². The summed E-state index contributed by atoms with van der Waals surface area (Å²) >= 11 is 0. The van der Waals surface area contributed by atoms with Crippen LogP contribution in [0.15, 0.2) is 5.16 Å². The van der Waals surface area contributed by atoms with Gasteiger partial charge < -0.3 is 16.3 Å². The number of oxime groups is 1.